The van der Waals surface area contributed by atoms with Crippen LogP contribution in [0, 0.1) is 11.5 Å². The van der Waals surface area contributed by atoms with Crippen LogP contribution < -0.4 is 0 Å². The first-order chi connectivity index (χ1) is 8.96. The minimum absolute atomic E-state index is 0.761. The third-order valence-corrected chi connectivity index (χ3v) is 4.39. The molecule has 0 N–H and O–H groups in total. The molecule has 1 aliphatic carbocycles. The van der Waals surface area contributed by atoms with Gasteiger partial charge in [0.1, 0.15) is 8.07 Å². The van der Waals surface area contributed by atoms with Crippen molar-refractivity contribution in [2.24, 2.45) is 0 Å². The summed E-state index contributed by atoms with van der Waals surface area (Å²) in [6, 6.07) is 0.761. The van der Waals surface area contributed by atoms with E-state index < -0.39 is 8.07 Å². The van der Waals surface area contributed by atoms with Crippen LogP contribution in [-0.2, 0) is 0 Å². The van der Waals surface area contributed by atoms with E-state index in [-0.39, 0.29) is 0 Å². The van der Waals surface area contributed by atoms with E-state index in [9.17, 15) is 0 Å². The van der Waals surface area contributed by atoms with Gasteiger partial charge in [-0.25, -0.2) is 0 Å². The standard InChI is InChI=1S/C17H31NSi/c1-6-13-18(14-7-2)17-10-8-16(9-11-17)12-15-19(3,4)5/h8,17H,6-7,9-11,13-14H2,1-5H3/t17-/m0/s1. The molecule has 1 nitrogen and oxygen atoms in total. The highest BCUT2D eigenvalue weighted by atomic mass is 28.3. The van der Waals surface area contributed by atoms with Crippen LogP contribution in [0.25, 0.3) is 0 Å². The average molecular weight is 278 g/mol. The van der Waals surface area contributed by atoms with Gasteiger partial charge < -0.3 is 4.90 Å². The van der Waals surface area contributed by atoms with E-state index in [0.29, 0.717) is 0 Å². The molecule has 0 spiro atoms. The van der Waals surface area contributed by atoms with Crippen molar-refractivity contribution in [2.75, 3.05) is 13.1 Å². The lowest BCUT2D eigenvalue weighted by Gasteiger charge is -2.32. The second-order valence-electron chi connectivity index (χ2n) is 6.69. The lowest BCUT2D eigenvalue weighted by molar-refractivity contribution is 0.184. The summed E-state index contributed by atoms with van der Waals surface area (Å²) in [6.07, 6.45) is 8.62. The Balaban J connectivity index is 2.57. The van der Waals surface area contributed by atoms with Crippen LogP contribution in [-0.4, -0.2) is 32.1 Å². The van der Waals surface area contributed by atoms with Crippen molar-refractivity contribution in [3.8, 4) is 11.5 Å². The molecule has 0 aromatic carbocycles. The molecule has 108 valence electrons. The fraction of sp³-hybridized carbons (Fsp3) is 0.765. The summed E-state index contributed by atoms with van der Waals surface area (Å²) in [5.74, 6) is 3.44. The predicted octanol–water partition coefficient (Wildman–Crippen LogP) is 4.47. The van der Waals surface area contributed by atoms with E-state index >= 15 is 0 Å². The molecule has 0 unspecified atom stereocenters. The first-order valence-corrected chi connectivity index (χ1v) is 11.4. The maximum Gasteiger partial charge on any atom is 0.129 e. The summed E-state index contributed by atoms with van der Waals surface area (Å²) < 4.78 is 0. The number of hydrogen-bond donors (Lipinski definition) is 0. The van der Waals surface area contributed by atoms with Crippen molar-refractivity contribution in [3.63, 3.8) is 0 Å². The fourth-order valence-corrected chi connectivity index (χ4v) is 3.12. The zero-order chi connectivity index (χ0) is 14.3. The predicted molar refractivity (Wildman–Crippen MR) is 89.0 cm³/mol. The van der Waals surface area contributed by atoms with Gasteiger partial charge >= 0.3 is 0 Å². The van der Waals surface area contributed by atoms with Gasteiger partial charge in [0.05, 0.1) is 0 Å². The van der Waals surface area contributed by atoms with Crippen molar-refractivity contribution < 1.29 is 0 Å². The summed E-state index contributed by atoms with van der Waals surface area (Å²) in [6.45, 7) is 14.0. The van der Waals surface area contributed by atoms with Crippen molar-refractivity contribution in [3.05, 3.63) is 11.6 Å². The maximum atomic E-state index is 3.49. The first kappa shape index (κ1) is 16.5. The summed E-state index contributed by atoms with van der Waals surface area (Å²) in [4.78, 5) is 2.68. The summed E-state index contributed by atoms with van der Waals surface area (Å²) in [5, 5.41) is 0. The zero-order valence-corrected chi connectivity index (χ0v) is 14.6. The molecule has 0 aliphatic heterocycles. The highest BCUT2D eigenvalue weighted by Gasteiger charge is 2.19. The Hall–Kier alpha value is -0.523. The largest absolute Gasteiger partial charge is 0.300 e. The normalized spacial score (nSPS) is 19.9. The molecule has 0 fully saturated rings. The Labute approximate surface area is 121 Å². The Morgan fingerprint density at radius 3 is 2.26 bits per heavy atom. The minimum atomic E-state index is -1.22. The molecule has 0 radical (unpaired) electrons. The monoisotopic (exact) mass is 277 g/mol. The molecule has 0 bridgehead atoms. The average Bonchev–Trinajstić information content (AvgIpc) is 2.36. The molecule has 1 rings (SSSR count). The van der Waals surface area contributed by atoms with Crippen molar-refractivity contribution in [1.82, 2.24) is 4.90 Å². The molecule has 0 saturated carbocycles. The molecule has 0 heterocycles. The molecule has 0 amide bonds. The van der Waals surface area contributed by atoms with Gasteiger partial charge in [-0.15, -0.1) is 5.54 Å². The molecular weight excluding hydrogens is 246 g/mol. The topological polar surface area (TPSA) is 3.24 Å². The molecule has 1 aliphatic rings. The molecule has 0 aromatic heterocycles. The van der Waals surface area contributed by atoms with Gasteiger partial charge in [0, 0.05) is 6.04 Å². The van der Waals surface area contributed by atoms with Gasteiger partial charge in [-0.05, 0) is 50.8 Å². The van der Waals surface area contributed by atoms with E-state index in [1.165, 1.54) is 50.8 Å². The van der Waals surface area contributed by atoms with E-state index in [1.54, 1.807) is 0 Å². The third-order valence-electron chi connectivity index (χ3n) is 3.52. The van der Waals surface area contributed by atoms with Gasteiger partial charge in [0.15, 0.2) is 0 Å². The third kappa shape index (κ3) is 6.45. The smallest absolute Gasteiger partial charge is 0.129 e. The quantitative estimate of drug-likeness (QED) is 0.529. The van der Waals surface area contributed by atoms with Gasteiger partial charge in [0.2, 0.25) is 0 Å². The molecular formula is C17H31NSi. The van der Waals surface area contributed by atoms with Crippen LogP contribution in [0.15, 0.2) is 11.6 Å². The Kier molecular flexibility index (Phi) is 6.89. The summed E-state index contributed by atoms with van der Waals surface area (Å²) in [5.41, 5.74) is 4.89. The van der Waals surface area contributed by atoms with Crippen LogP contribution >= 0.6 is 0 Å². The summed E-state index contributed by atoms with van der Waals surface area (Å²) >= 11 is 0. The molecule has 1 atom stereocenters. The van der Waals surface area contributed by atoms with Crippen LogP contribution in [0.4, 0.5) is 0 Å². The fourth-order valence-electron chi connectivity index (χ4n) is 2.58. The molecule has 2 heteroatoms. The summed E-state index contributed by atoms with van der Waals surface area (Å²) in [7, 11) is -1.22. The molecule has 0 saturated heterocycles. The minimum Gasteiger partial charge on any atom is -0.300 e. The van der Waals surface area contributed by atoms with Gasteiger partial charge in [-0.2, -0.15) is 0 Å². The van der Waals surface area contributed by atoms with Gasteiger partial charge in [-0.3, -0.25) is 0 Å². The maximum absolute atomic E-state index is 3.49. The number of allylic oxidation sites excluding steroid dienone is 1. The Morgan fingerprint density at radius 1 is 1.21 bits per heavy atom. The molecule has 19 heavy (non-hydrogen) atoms. The Bertz CT molecular complexity index is 348. The van der Waals surface area contributed by atoms with Crippen molar-refractivity contribution in [2.45, 2.75) is 71.6 Å². The van der Waals surface area contributed by atoms with E-state index in [2.05, 4.69) is 55.9 Å². The van der Waals surface area contributed by atoms with Gasteiger partial charge in [0.25, 0.3) is 0 Å². The highest BCUT2D eigenvalue weighted by molar-refractivity contribution is 6.83. The molecule has 0 aromatic rings. The van der Waals surface area contributed by atoms with E-state index in [4.69, 9.17) is 0 Å². The zero-order valence-electron chi connectivity index (χ0n) is 13.6. The van der Waals surface area contributed by atoms with Crippen molar-refractivity contribution >= 4 is 8.07 Å². The number of rotatable bonds is 5. The van der Waals surface area contributed by atoms with Crippen molar-refractivity contribution in [1.29, 1.82) is 0 Å². The lowest BCUT2D eigenvalue weighted by atomic mass is 9.94. The SMILES string of the molecule is CCCN(CCC)[C@H]1CC=C(C#C[Si](C)(C)C)CC1. The Morgan fingerprint density at radius 2 is 1.84 bits per heavy atom. The number of hydrogen-bond acceptors (Lipinski definition) is 1. The van der Waals surface area contributed by atoms with Crippen LogP contribution in [0.3, 0.4) is 0 Å². The van der Waals surface area contributed by atoms with Crippen LogP contribution in [0.2, 0.25) is 19.6 Å². The van der Waals surface area contributed by atoms with E-state index in [1.807, 2.05) is 0 Å². The second kappa shape index (κ2) is 7.92. The first-order valence-electron chi connectivity index (χ1n) is 7.92. The van der Waals surface area contributed by atoms with Crippen LogP contribution in [0.5, 0.6) is 0 Å². The number of nitrogens with zero attached hydrogens (tertiary/aromatic N) is 1. The van der Waals surface area contributed by atoms with E-state index in [0.717, 1.165) is 6.04 Å². The van der Waals surface area contributed by atoms with Gasteiger partial charge in [-0.1, -0.05) is 45.5 Å². The van der Waals surface area contributed by atoms with Crippen LogP contribution in [0.1, 0.15) is 46.0 Å². The highest BCUT2D eigenvalue weighted by Crippen LogP contribution is 2.22. The second-order valence-corrected chi connectivity index (χ2v) is 11.4. The lowest BCUT2D eigenvalue weighted by Crippen LogP contribution is -2.37.